The summed E-state index contributed by atoms with van der Waals surface area (Å²) in [5.74, 6) is -0.810. The fraction of sp³-hybridized carbons (Fsp3) is 0.263. The fourth-order valence-electron chi connectivity index (χ4n) is 2.51. The Morgan fingerprint density at radius 1 is 1.36 bits per heavy atom. The molecular weight excluding hydrogens is 321 g/mol. The van der Waals surface area contributed by atoms with E-state index in [1.807, 2.05) is 19.9 Å². The quantitative estimate of drug-likeness (QED) is 0.754. The van der Waals surface area contributed by atoms with Crippen molar-refractivity contribution in [2.75, 3.05) is 18.5 Å². The molecule has 5 nitrogen and oxygen atoms in total. The molecule has 0 heterocycles. The number of carbonyl (C=O) groups is 1. The minimum atomic E-state index is -0.553. The van der Waals surface area contributed by atoms with E-state index in [0.29, 0.717) is 11.1 Å². The van der Waals surface area contributed by atoms with Crippen LogP contribution in [-0.4, -0.2) is 24.2 Å². The van der Waals surface area contributed by atoms with E-state index in [1.165, 1.54) is 12.1 Å². The van der Waals surface area contributed by atoms with Crippen LogP contribution in [0.2, 0.25) is 0 Å². The average molecular weight is 341 g/mol. The van der Waals surface area contributed by atoms with Gasteiger partial charge in [0.05, 0.1) is 12.2 Å². The Bertz CT molecular complexity index is 815. The molecule has 3 N–H and O–H groups in total. The molecule has 0 aromatic heterocycles. The summed E-state index contributed by atoms with van der Waals surface area (Å²) in [6.45, 7) is 3.77. The molecule has 2 aromatic carbocycles. The molecule has 25 heavy (non-hydrogen) atoms. The van der Waals surface area contributed by atoms with Gasteiger partial charge in [0, 0.05) is 23.8 Å². The van der Waals surface area contributed by atoms with E-state index < -0.39 is 5.82 Å². The van der Waals surface area contributed by atoms with Crippen LogP contribution in [-0.2, 0) is 0 Å². The summed E-state index contributed by atoms with van der Waals surface area (Å²) in [5.41, 5.74) is 2.74. The Kier molecular flexibility index (Phi) is 6.09. The Labute approximate surface area is 146 Å². The molecule has 0 saturated carbocycles. The first-order chi connectivity index (χ1) is 12.0. The molecule has 1 atom stereocenters. The van der Waals surface area contributed by atoms with Crippen molar-refractivity contribution in [3.63, 3.8) is 0 Å². The summed E-state index contributed by atoms with van der Waals surface area (Å²) in [7, 11) is 0. The lowest BCUT2D eigenvalue weighted by atomic mass is 10.0. The Morgan fingerprint density at radius 3 is 2.76 bits per heavy atom. The van der Waals surface area contributed by atoms with Crippen LogP contribution in [0.1, 0.15) is 40.0 Å². The highest BCUT2D eigenvalue weighted by molar-refractivity contribution is 5.97. The van der Waals surface area contributed by atoms with Crippen LogP contribution in [0.5, 0.6) is 0 Å². The van der Waals surface area contributed by atoms with Crippen LogP contribution in [0.25, 0.3) is 0 Å². The third-order valence-corrected chi connectivity index (χ3v) is 3.96. The van der Waals surface area contributed by atoms with Crippen LogP contribution >= 0.6 is 0 Å². The zero-order chi connectivity index (χ0) is 18.4. The molecule has 0 aliphatic carbocycles. The third kappa shape index (κ3) is 4.34. The molecule has 130 valence electrons. The first-order valence-corrected chi connectivity index (χ1v) is 7.92. The van der Waals surface area contributed by atoms with E-state index in [2.05, 4.69) is 10.6 Å². The predicted molar refractivity (Wildman–Crippen MR) is 93.8 cm³/mol. The highest BCUT2D eigenvalue weighted by atomic mass is 19.1. The van der Waals surface area contributed by atoms with E-state index in [9.17, 15) is 9.18 Å². The molecule has 2 rings (SSSR count). The summed E-state index contributed by atoms with van der Waals surface area (Å²) in [6.07, 6.45) is 0. The molecule has 6 heteroatoms. The van der Waals surface area contributed by atoms with Crippen molar-refractivity contribution < 1.29 is 14.3 Å². The maximum absolute atomic E-state index is 13.8. The van der Waals surface area contributed by atoms with Crippen molar-refractivity contribution in [2.45, 2.75) is 19.9 Å². The van der Waals surface area contributed by atoms with Gasteiger partial charge in [-0.25, -0.2) is 4.39 Å². The van der Waals surface area contributed by atoms with E-state index >= 15 is 0 Å². The van der Waals surface area contributed by atoms with Crippen LogP contribution < -0.4 is 10.6 Å². The number of halogens is 1. The largest absolute Gasteiger partial charge is 0.395 e. The van der Waals surface area contributed by atoms with Crippen molar-refractivity contribution in [1.82, 2.24) is 5.32 Å². The lowest BCUT2D eigenvalue weighted by molar-refractivity contribution is 0.0944. The number of anilines is 1. The smallest absolute Gasteiger partial charge is 0.251 e. The van der Waals surface area contributed by atoms with Crippen LogP contribution in [0.3, 0.4) is 0 Å². The van der Waals surface area contributed by atoms with Gasteiger partial charge in [-0.15, -0.1) is 0 Å². The molecule has 2 aromatic rings. The van der Waals surface area contributed by atoms with Crippen LogP contribution in [0.4, 0.5) is 10.1 Å². The first-order valence-electron chi connectivity index (χ1n) is 7.92. The van der Waals surface area contributed by atoms with Crippen molar-refractivity contribution >= 4 is 11.6 Å². The van der Waals surface area contributed by atoms with Crippen molar-refractivity contribution in [3.8, 4) is 6.07 Å². The van der Waals surface area contributed by atoms with Gasteiger partial charge < -0.3 is 15.7 Å². The molecule has 0 aliphatic heterocycles. The second kappa shape index (κ2) is 8.27. The number of hydrogen-bond acceptors (Lipinski definition) is 4. The van der Waals surface area contributed by atoms with Gasteiger partial charge in [-0.3, -0.25) is 4.79 Å². The van der Waals surface area contributed by atoms with Crippen molar-refractivity contribution in [1.29, 1.82) is 5.26 Å². The summed E-state index contributed by atoms with van der Waals surface area (Å²) in [4.78, 5) is 12.1. The SMILES string of the molecule is Cc1c(NC(C)c2ccc(C#N)c(F)c2)cccc1C(=O)NCCO. The van der Waals surface area contributed by atoms with Crippen LogP contribution in [0.15, 0.2) is 36.4 Å². The Morgan fingerprint density at radius 2 is 2.12 bits per heavy atom. The summed E-state index contributed by atoms with van der Waals surface area (Å²) in [6, 6.07) is 11.4. The van der Waals surface area contributed by atoms with Crippen molar-refractivity contribution in [3.05, 3.63) is 64.5 Å². The maximum atomic E-state index is 13.8. The molecule has 0 aliphatic rings. The Balaban J connectivity index is 2.21. The zero-order valence-electron chi connectivity index (χ0n) is 14.1. The minimum absolute atomic E-state index is 0.00897. The highest BCUT2D eigenvalue weighted by Crippen LogP contribution is 2.25. The second-order valence-corrected chi connectivity index (χ2v) is 5.67. The number of aliphatic hydroxyl groups excluding tert-OH is 1. The topological polar surface area (TPSA) is 85.2 Å². The van der Waals surface area contributed by atoms with Gasteiger partial charge in [-0.1, -0.05) is 12.1 Å². The van der Waals surface area contributed by atoms with Gasteiger partial charge in [0.1, 0.15) is 11.9 Å². The first kappa shape index (κ1) is 18.4. The molecule has 1 unspecified atom stereocenters. The van der Waals surface area contributed by atoms with Gasteiger partial charge in [0.2, 0.25) is 0 Å². The number of aliphatic hydroxyl groups is 1. The summed E-state index contributed by atoms with van der Waals surface area (Å²) >= 11 is 0. The number of nitrogens with zero attached hydrogens (tertiary/aromatic N) is 1. The molecule has 0 bridgehead atoms. The molecular formula is C19H20FN3O2. The zero-order valence-corrected chi connectivity index (χ0v) is 14.1. The number of nitrogens with one attached hydrogen (secondary N) is 2. The summed E-state index contributed by atoms with van der Waals surface area (Å²) in [5, 5.41) is 23.5. The molecule has 0 radical (unpaired) electrons. The lowest BCUT2D eigenvalue weighted by Gasteiger charge is -2.19. The highest BCUT2D eigenvalue weighted by Gasteiger charge is 2.14. The molecule has 0 fully saturated rings. The number of nitriles is 1. The number of benzene rings is 2. The monoisotopic (exact) mass is 341 g/mol. The maximum Gasteiger partial charge on any atom is 0.251 e. The fourth-order valence-corrected chi connectivity index (χ4v) is 2.51. The minimum Gasteiger partial charge on any atom is -0.395 e. The number of rotatable bonds is 6. The van der Waals surface area contributed by atoms with Gasteiger partial charge in [0.15, 0.2) is 0 Å². The number of hydrogen-bond donors (Lipinski definition) is 3. The standard InChI is InChI=1S/C19H20FN3O2/c1-12-16(19(25)22-8-9-24)4-3-5-18(12)23-13(2)14-6-7-15(11-21)17(20)10-14/h3-7,10,13,23-24H,8-9H2,1-2H3,(H,22,25). The van der Waals surface area contributed by atoms with Crippen molar-refractivity contribution in [2.24, 2.45) is 0 Å². The Hall–Kier alpha value is -2.91. The molecule has 0 saturated heterocycles. The lowest BCUT2D eigenvalue weighted by Crippen LogP contribution is -2.27. The van der Waals surface area contributed by atoms with Gasteiger partial charge in [0.25, 0.3) is 5.91 Å². The van der Waals surface area contributed by atoms with Crippen LogP contribution in [0, 0.1) is 24.1 Å². The molecule has 0 spiro atoms. The van der Waals surface area contributed by atoms with E-state index in [4.69, 9.17) is 10.4 Å². The average Bonchev–Trinajstić information content (AvgIpc) is 2.61. The van der Waals surface area contributed by atoms with E-state index in [0.717, 1.165) is 11.3 Å². The van der Waals surface area contributed by atoms with E-state index in [1.54, 1.807) is 24.3 Å². The van der Waals surface area contributed by atoms with Gasteiger partial charge in [-0.05, 0) is 49.2 Å². The number of carbonyl (C=O) groups excluding carboxylic acids is 1. The predicted octanol–water partition coefficient (Wildman–Crippen LogP) is 2.90. The third-order valence-electron chi connectivity index (χ3n) is 3.96. The normalized spacial score (nSPS) is 11.5. The summed E-state index contributed by atoms with van der Waals surface area (Å²) < 4.78 is 13.8. The molecule has 1 amide bonds. The van der Waals surface area contributed by atoms with Gasteiger partial charge in [-0.2, -0.15) is 5.26 Å². The number of amides is 1. The second-order valence-electron chi connectivity index (χ2n) is 5.67. The van der Waals surface area contributed by atoms with E-state index in [-0.39, 0.29) is 30.7 Å². The van der Waals surface area contributed by atoms with Gasteiger partial charge >= 0.3 is 0 Å².